The zero-order chi connectivity index (χ0) is 20.0. The first-order valence-corrected chi connectivity index (χ1v) is 8.78. The van der Waals surface area contributed by atoms with Crippen molar-refractivity contribution in [2.45, 2.75) is 20.0 Å². The van der Waals surface area contributed by atoms with E-state index in [1.165, 1.54) is 20.1 Å². The second kappa shape index (κ2) is 9.48. The average Bonchev–Trinajstić information content (AvgIpc) is 2.62. The number of methoxy groups -OCH3 is 1. The first kappa shape index (κ1) is 20.9. The van der Waals surface area contributed by atoms with Crippen LogP contribution < -0.4 is 14.8 Å². The summed E-state index contributed by atoms with van der Waals surface area (Å²) in [4.78, 5) is 24.1. The fraction of sp³-hybridized carbons (Fsp3) is 0.263. The molecule has 0 spiro atoms. The maximum absolute atomic E-state index is 12.0. The number of anilines is 1. The third kappa shape index (κ3) is 6.05. The van der Waals surface area contributed by atoms with Crippen LogP contribution in [0.2, 0.25) is 10.0 Å². The molecule has 0 aliphatic rings. The second-order valence-corrected chi connectivity index (χ2v) is 6.54. The summed E-state index contributed by atoms with van der Waals surface area (Å²) in [5.74, 6) is -0.398. The monoisotopic (exact) mass is 411 g/mol. The minimum absolute atomic E-state index is 0.270. The van der Waals surface area contributed by atoms with Gasteiger partial charge in [-0.25, -0.2) is 4.79 Å². The van der Waals surface area contributed by atoms with E-state index >= 15 is 0 Å². The number of halogens is 2. The van der Waals surface area contributed by atoms with Crippen LogP contribution in [0.25, 0.3) is 0 Å². The summed E-state index contributed by atoms with van der Waals surface area (Å²) in [7, 11) is 1.50. The van der Waals surface area contributed by atoms with Gasteiger partial charge in [0.05, 0.1) is 17.8 Å². The topological polar surface area (TPSA) is 73.9 Å². The van der Waals surface area contributed by atoms with Gasteiger partial charge in [-0.05, 0) is 49.7 Å². The van der Waals surface area contributed by atoms with E-state index in [4.69, 9.17) is 37.4 Å². The van der Waals surface area contributed by atoms with Crippen LogP contribution >= 0.6 is 23.2 Å². The van der Waals surface area contributed by atoms with E-state index in [1.54, 1.807) is 24.3 Å². The Balaban J connectivity index is 1.89. The van der Waals surface area contributed by atoms with E-state index in [9.17, 15) is 9.59 Å². The van der Waals surface area contributed by atoms with Crippen molar-refractivity contribution in [2.75, 3.05) is 19.0 Å². The predicted octanol–water partition coefficient (Wildman–Crippen LogP) is 4.26. The van der Waals surface area contributed by atoms with Crippen molar-refractivity contribution >= 4 is 40.8 Å². The van der Waals surface area contributed by atoms with Crippen molar-refractivity contribution in [1.29, 1.82) is 0 Å². The van der Waals surface area contributed by atoms with Gasteiger partial charge in [0.15, 0.2) is 12.7 Å². The highest BCUT2D eigenvalue weighted by atomic mass is 35.5. The van der Waals surface area contributed by atoms with E-state index in [2.05, 4.69) is 5.32 Å². The number of hydrogen-bond acceptors (Lipinski definition) is 5. The molecule has 0 saturated heterocycles. The van der Waals surface area contributed by atoms with Crippen molar-refractivity contribution < 1.29 is 23.8 Å². The fourth-order valence-electron chi connectivity index (χ4n) is 2.17. The molecule has 144 valence electrons. The number of amides is 1. The van der Waals surface area contributed by atoms with Gasteiger partial charge in [0.1, 0.15) is 11.5 Å². The fourth-order valence-corrected chi connectivity index (χ4v) is 2.62. The van der Waals surface area contributed by atoms with Crippen molar-refractivity contribution in [3.05, 3.63) is 52.0 Å². The van der Waals surface area contributed by atoms with Crippen LogP contribution in [0, 0.1) is 6.92 Å². The molecule has 0 fully saturated rings. The zero-order valence-corrected chi connectivity index (χ0v) is 16.6. The molecule has 2 aromatic rings. The Morgan fingerprint density at radius 3 is 2.48 bits per heavy atom. The summed E-state index contributed by atoms with van der Waals surface area (Å²) in [5.41, 5.74) is 1.45. The van der Waals surface area contributed by atoms with Crippen molar-refractivity contribution in [3.63, 3.8) is 0 Å². The standard InChI is InChI=1S/C19H19Cl2NO5/c1-11-4-6-17(25-3)15(8-11)22-18(23)10-26-19(24)12(2)27-16-7-5-13(20)9-14(16)21/h4-9,12H,10H2,1-3H3,(H,22,23)/t12-/m0/s1. The number of nitrogens with one attached hydrogen (secondary N) is 1. The Morgan fingerprint density at radius 1 is 1.11 bits per heavy atom. The van der Waals surface area contributed by atoms with Crippen LogP contribution in [0.3, 0.4) is 0 Å². The zero-order valence-electron chi connectivity index (χ0n) is 15.0. The Labute approximate surface area is 167 Å². The van der Waals surface area contributed by atoms with E-state index < -0.39 is 24.6 Å². The maximum atomic E-state index is 12.0. The molecule has 0 saturated carbocycles. The van der Waals surface area contributed by atoms with E-state index in [0.717, 1.165) is 5.56 Å². The highest BCUT2D eigenvalue weighted by Crippen LogP contribution is 2.28. The van der Waals surface area contributed by atoms with Gasteiger partial charge in [0, 0.05) is 5.02 Å². The summed E-state index contributed by atoms with van der Waals surface area (Å²) in [6.07, 6.45) is -0.954. The Morgan fingerprint density at radius 2 is 1.81 bits per heavy atom. The van der Waals surface area contributed by atoms with Crippen molar-refractivity contribution in [1.82, 2.24) is 0 Å². The Bertz CT molecular complexity index is 841. The molecule has 0 aliphatic carbocycles. The average molecular weight is 412 g/mol. The third-order valence-corrected chi connectivity index (χ3v) is 4.03. The molecule has 0 aromatic heterocycles. The number of ether oxygens (including phenoxy) is 3. The molecule has 2 rings (SSSR count). The Kier molecular flexibility index (Phi) is 7.33. The first-order chi connectivity index (χ1) is 12.8. The van der Waals surface area contributed by atoms with Crippen molar-refractivity contribution in [3.8, 4) is 11.5 Å². The number of rotatable bonds is 7. The van der Waals surface area contributed by atoms with Gasteiger partial charge in [0.25, 0.3) is 5.91 Å². The molecule has 0 bridgehead atoms. The molecule has 0 heterocycles. The van der Waals surface area contributed by atoms with Gasteiger partial charge < -0.3 is 19.5 Å². The summed E-state index contributed by atoms with van der Waals surface area (Å²) in [5, 5.41) is 3.36. The number of aryl methyl sites for hydroxylation is 1. The largest absolute Gasteiger partial charge is 0.495 e. The van der Waals surface area contributed by atoms with Crippen LogP contribution in [0.15, 0.2) is 36.4 Å². The third-order valence-electron chi connectivity index (χ3n) is 3.50. The highest BCUT2D eigenvalue weighted by molar-refractivity contribution is 6.35. The lowest BCUT2D eigenvalue weighted by atomic mass is 10.2. The minimum atomic E-state index is -0.954. The van der Waals surface area contributed by atoms with Gasteiger partial charge >= 0.3 is 5.97 Å². The molecule has 1 atom stereocenters. The van der Waals surface area contributed by atoms with Gasteiger partial charge in [-0.15, -0.1) is 0 Å². The number of carbonyl (C=O) groups is 2. The van der Waals surface area contributed by atoms with Crippen LogP contribution in [-0.2, 0) is 14.3 Å². The Hall–Kier alpha value is -2.44. The highest BCUT2D eigenvalue weighted by Gasteiger charge is 2.19. The molecular formula is C19H19Cl2NO5. The quantitative estimate of drug-likeness (QED) is 0.688. The summed E-state index contributed by atoms with van der Waals surface area (Å²) < 4.78 is 15.6. The summed E-state index contributed by atoms with van der Waals surface area (Å²) >= 11 is 11.8. The van der Waals surface area contributed by atoms with Gasteiger partial charge in [0.2, 0.25) is 0 Å². The van der Waals surface area contributed by atoms with Crippen LogP contribution in [0.5, 0.6) is 11.5 Å². The molecule has 6 nitrogen and oxygen atoms in total. The smallest absolute Gasteiger partial charge is 0.347 e. The lowest BCUT2D eigenvalue weighted by molar-refractivity contribution is -0.153. The SMILES string of the molecule is COc1ccc(C)cc1NC(=O)COC(=O)[C@H](C)Oc1ccc(Cl)cc1Cl. The van der Waals surface area contributed by atoms with E-state index in [1.807, 2.05) is 13.0 Å². The molecule has 8 heteroatoms. The molecule has 0 unspecified atom stereocenters. The molecule has 1 N–H and O–H groups in total. The molecule has 0 radical (unpaired) electrons. The molecular weight excluding hydrogens is 393 g/mol. The molecule has 0 aliphatic heterocycles. The molecule has 27 heavy (non-hydrogen) atoms. The second-order valence-electron chi connectivity index (χ2n) is 5.69. The van der Waals surface area contributed by atoms with E-state index in [-0.39, 0.29) is 5.02 Å². The summed E-state index contributed by atoms with van der Waals surface area (Å²) in [6, 6.07) is 9.98. The van der Waals surface area contributed by atoms with Gasteiger partial charge in [-0.2, -0.15) is 0 Å². The van der Waals surface area contributed by atoms with Gasteiger partial charge in [-0.1, -0.05) is 29.3 Å². The minimum Gasteiger partial charge on any atom is -0.495 e. The normalized spacial score (nSPS) is 11.4. The first-order valence-electron chi connectivity index (χ1n) is 8.03. The number of benzene rings is 2. The maximum Gasteiger partial charge on any atom is 0.347 e. The van der Waals surface area contributed by atoms with Gasteiger partial charge in [-0.3, -0.25) is 4.79 Å². The lowest BCUT2D eigenvalue weighted by Gasteiger charge is -2.15. The number of esters is 1. The van der Waals surface area contributed by atoms with E-state index in [0.29, 0.717) is 22.2 Å². The van der Waals surface area contributed by atoms with Crippen molar-refractivity contribution in [2.24, 2.45) is 0 Å². The molecule has 1 amide bonds. The van der Waals surface area contributed by atoms with Crippen LogP contribution in [-0.4, -0.2) is 31.7 Å². The number of hydrogen-bond donors (Lipinski definition) is 1. The summed E-state index contributed by atoms with van der Waals surface area (Å²) in [6.45, 7) is 2.92. The lowest BCUT2D eigenvalue weighted by Crippen LogP contribution is -2.29. The number of carbonyl (C=O) groups excluding carboxylic acids is 2. The van der Waals surface area contributed by atoms with Crippen LogP contribution in [0.1, 0.15) is 12.5 Å². The molecule has 2 aromatic carbocycles. The predicted molar refractivity (Wildman–Crippen MR) is 104 cm³/mol. The van der Waals surface area contributed by atoms with Crippen LogP contribution in [0.4, 0.5) is 5.69 Å².